The van der Waals surface area contributed by atoms with E-state index in [9.17, 15) is 4.79 Å². The molecule has 0 aliphatic carbocycles. The van der Waals surface area contributed by atoms with Crippen molar-refractivity contribution in [3.8, 4) is 0 Å². The number of carbonyl (C=O) groups is 1. The van der Waals surface area contributed by atoms with Gasteiger partial charge in [0.1, 0.15) is 16.2 Å². The van der Waals surface area contributed by atoms with E-state index < -0.39 is 5.97 Å². The van der Waals surface area contributed by atoms with Gasteiger partial charge in [-0.3, -0.25) is 0 Å². The number of thiophene rings is 1. The first-order chi connectivity index (χ1) is 10.1. The lowest BCUT2D eigenvalue weighted by atomic mass is 10.2. The Kier molecular flexibility index (Phi) is 3.65. The van der Waals surface area contributed by atoms with Crippen molar-refractivity contribution in [2.75, 3.05) is 0 Å². The summed E-state index contributed by atoms with van der Waals surface area (Å²) in [6, 6.07) is 6.82. The predicted molar refractivity (Wildman–Crippen MR) is 84.4 cm³/mol. The number of hydrogen-bond acceptors (Lipinski definition) is 5. The molecular formula is C15H12N2O2S2. The molecular weight excluding hydrogens is 304 g/mol. The van der Waals surface area contributed by atoms with Crippen LogP contribution in [0.4, 0.5) is 0 Å². The standard InChI is InChI=1S/C15H12N2O2S2/c1-8-9(2)20-13-12(8)14(17-7-16-13)21-11-5-3-10(4-6-11)15(18)19/h3-7H,1-2H3,(H,18,19). The number of nitrogens with zero attached hydrogens (tertiary/aromatic N) is 2. The van der Waals surface area contributed by atoms with Gasteiger partial charge in [-0.1, -0.05) is 11.8 Å². The second kappa shape index (κ2) is 5.46. The lowest BCUT2D eigenvalue weighted by Crippen LogP contribution is -1.94. The number of hydrogen-bond donors (Lipinski definition) is 1. The van der Waals surface area contributed by atoms with Gasteiger partial charge in [-0.15, -0.1) is 11.3 Å². The number of carboxylic acids is 1. The van der Waals surface area contributed by atoms with Gasteiger partial charge < -0.3 is 5.11 Å². The average Bonchev–Trinajstić information content (AvgIpc) is 2.76. The molecule has 0 amide bonds. The summed E-state index contributed by atoms with van der Waals surface area (Å²) in [6.07, 6.45) is 1.58. The number of fused-ring (bicyclic) bond motifs is 1. The van der Waals surface area contributed by atoms with Crippen LogP contribution in [0.3, 0.4) is 0 Å². The Labute approximate surface area is 129 Å². The van der Waals surface area contributed by atoms with Gasteiger partial charge in [-0.05, 0) is 43.7 Å². The van der Waals surface area contributed by atoms with E-state index >= 15 is 0 Å². The van der Waals surface area contributed by atoms with Gasteiger partial charge in [0, 0.05) is 15.2 Å². The van der Waals surface area contributed by atoms with Crippen molar-refractivity contribution in [3.05, 3.63) is 46.6 Å². The molecule has 6 heteroatoms. The van der Waals surface area contributed by atoms with Crippen molar-refractivity contribution in [2.45, 2.75) is 23.8 Å². The van der Waals surface area contributed by atoms with E-state index in [0.717, 1.165) is 20.1 Å². The van der Waals surface area contributed by atoms with Crippen LogP contribution >= 0.6 is 23.1 Å². The average molecular weight is 316 g/mol. The summed E-state index contributed by atoms with van der Waals surface area (Å²) < 4.78 is 0. The molecule has 106 valence electrons. The molecule has 0 saturated heterocycles. The van der Waals surface area contributed by atoms with Crippen LogP contribution in [0.5, 0.6) is 0 Å². The highest BCUT2D eigenvalue weighted by Crippen LogP contribution is 2.37. The molecule has 2 heterocycles. The summed E-state index contributed by atoms with van der Waals surface area (Å²) in [4.78, 5) is 22.8. The van der Waals surface area contributed by atoms with Crippen LogP contribution in [0.15, 0.2) is 40.5 Å². The largest absolute Gasteiger partial charge is 0.478 e. The maximum atomic E-state index is 10.9. The van der Waals surface area contributed by atoms with Gasteiger partial charge in [0.05, 0.1) is 5.56 Å². The molecule has 0 fully saturated rings. The zero-order chi connectivity index (χ0) is 15.0. The molecule has 0 aliphatic heterocycles. The summed E-state index contributed by atoms with van der Waals surface area (Å²) in [5.41, 5.74) is 1.50. The van der Waals surface area contributed by atoms with Crippen molar-refractivity contribution >= 4 is 39.3 Å². The normalized spacial score (nSPS) is 11.0. The molecule has 21 heavy (non-hydrogen) atoms. The Hall–Kier alpha value is -1.92. The number of benzene rings is 1. The third-order valence-electron chi connectivity index (χ3n) is 3.25. The SMILES string of the molecule is Cc1sc2ncnc(Sc3ccc(C(=O)O)cc3)c2c1C. The van der Waals surface area contributed by atoms with E-state index in [1.165, 1.54) is 22.2 Å². The molecule has 1 N–H and O–H groups in total. The van der Waals surface area contributed by atoms with Crippen molar-refractivity contribution in [1.82, 2.24) is 9.97 Å². The minimum atomic E-state index is -0.916. The molecule has 3 aromatic rings. The Morgan fingerprint density at radius 3 is 2.57 bits per heavy atom. The summed E-state index contributed by atoms with van der Waals surface area (Å²) in [5, 5.41) is 10.9. The van der Waals surface area contributed by atoms with E-state index in [4.69, 9.17) is 5.11 Å². The number of aryl methyl sites for hydroxylation is 2. The summed E-state index contributed by atoms with van der Waals surface area (Å²) in [5.74, 6) is -0.916. The van der Waals surface area contributed by atoms with Crippen LogP contribution in [0.1, 0.15) is 20.8 Å². The van der Waals surface area contributed by atoms with E-state index in [0.29, 0.717) is 0 Å². The first kappa shape index (κ1) is 14.0. The minimum absolute atomic E-state index is 0.287. The minimum Gasteiger partial charge on any atom is -0.478 e. The van der Waals surface area contributed by atoms with Gasteiger partial charge in [-0.25, -0.2) is 14.8 Å². The van der Waals surface area contributed by atoms with Crippen molar-refractivity contribution in [3.63, 3.8) is 0 Å². The van der Waals surface area contributed by atoms with Crippen molar-refractivity contribution in [1.29, 1.82) is 0 Å². The zero-order valence-corrected chi connectivity index (χ0v) is 13.1. The molecule has 0 saturated carbocycles. The monoisotopic (exact) mass is 316 g/mol. The number of carboxylic acid groups (broad SMARTS) is 1. The molecule has 1 aromatic carbocycles. The number of aromatic carboxylic acids is 1. The maximum Gasteiger partial charge on any atom is 0.335 e. The quantitative estimate of drug-likeness (QED) is 0.735. The van der Waals surface area contributed by atoms with Crippen molar-refractivity contribution < 1.29 is 9.90 Å². The molecule has 0 atom stereocenters. The van der Waals surface area contributed by atoms with Crippen LogP contribution in [0, 0.1) is 13.8 Å². The summed E-state index contributed by atoms with van der Waals surface area (Å²) in [6.45, 7) is 4.16. The smallest absolute Gasteiger partial charge is 0.335 e. The highest BCUT2D eigenvalue weighted by molar-refractivity contribution is 7.99. The Morgan fingerprint density at radius 1 is 1.19 bits per heavy atom. The van der Waals surface area contributed by atoms with Crippen molar-refractivity contribution in [2.24, 2.45) is 0 Å². The van der Waals surface area contributed by atoms with Crippen LogP contribution < -0.4 is 0 Å². The first-order valence-electron chi connectivity index (χ1n) is 6.28. The molecule has 4 nitrogen and oxygen atoms in total. The fraction of sp³-hybridized carbons (Fsp3) is 0.133. The number of aromatic nitrogens is 2. The van der Waals surface area contributed by atoms with Crippen LogP contribution in [0.2, 0.25) is 0 Å². The second-order valence-corrected chi connectivity index (χ2v) is 6.84. The summed E-state index contributed by atoms with van der Waals surface area (Å²) in [7, 11) is 0. The zero-order valence-electron chi connectivity index (χ0n) is 11.5. The molecule has 0 spiro atoms. The van der Waals surface area contributed by atoms with E-state index in [1.54, 1.807) is 41.9 Å². The molecule has 0 radical (unpaired) electrons. The molecule has 3 rings (SSSR count). The predicted octanol–water partition coefficient (Wildman–Crippen LogP) is 4.16. The fourth-order valence-corrected chi connectivity index (χ4v) is 4.01. The van der Waals surface area contributed by atoms with E-state index in [2.05, 4.69) is 23.8 Å². The lowest BCUT2D eigenvalue weighted by Gasteiger charge is -2.03. The number of rotatable bonds is 3. The Bertz CT molecular complexity index is 826. The molecule has 2 aromatic heterocycles. The highest BCUT2D eigenvalue weighted by Gasteiger charge is 2.13. The first-order valence-corrected chi connectivity index (χ1v) is 7.91. The second-order valence-electron chi connectivity index (χ2n) is 4.57. The summed E-state index contributed by atoms with van der Waals surface area (Å²) >= 11 is 3.20. The van der Waals surface area contributed by atoms with Gasteiger partial charge in [0.25, 0.3) is 0 Å². The molecule has 0 unspecified atom stereocenters. The highest BCUT2D eigenvalue weighted by atomic mass is 32.2. The Morgan fingerprint density at radius 2 is 1.90 bits per heavy atom. The topological polar surface area (TPSA) is 63.1 Å². The third-order valence-corrected chi connectivity index (χ3v) is 5.37. The maximum absolute atomic E-state index is 10.9. The molecule has 0 aliphatic rings. The molecule has 0 bridgehead atoms. The van der Waals surface area contributed by atoms with E-state index in [1.807, 2.05) is 0 Å². The van der Waals surface area contributed by atoms with E-state index in [-0.39, 0.29) is 5.56 Å². The van der Waals surface area contributed by atoms with Gasteiger partial charge in [0.15, 0.2) is 0 Å². The van der Waals surface area contributed by atoms with Gasteiger partial charge in [-0.2, -0.15) is 0 Å². The Balaban J connectivity index is 2.00. The van der Waals surface area contributed by atoms with Gasteiger partial charge >= 0.3 is 5.97 Å². The van der Waals surface area contributed by atoms with Gasteiger partial charge in [0.2, 0.25) is 0 Å². The fourth-order valence-electron chi connectivity index (χ4n) is 2.00. The lowest BCUT2D eigenvalue weighted by molar-refractivity contribution is 0.0697. The third kappa shape index (κ3) is 2.64. The van der Waals surface area contributed by atoms with Crippen LogP contribution in [-0.4, -0.2) is 21.0 Å². The van der Waals surface area contributed by atoms with Crippen LogP contribution in [0.25, 0.3) is 10.2 Å². The van der Waals surface area contributed by atoms with Crippen LogP contribution in [-0.2, 0) is 0 Å².